The van der Waals surface area contributed by atoms with Crippen LogP contribution in [-0.4, -0.2) is 0 Å². The monoisotopic (exact) mass is 244 g/mol. The Morgan fingerprint density at radius 1 is 0.684 bits per heavy atom. The van der Waals surface area contributed by atoms with Gasteiger partial charge in [-0.2, -0.15) is 0 Å². The molecule has 2 aromatic carbocycles. The van der Waals surface area contributed by atoms with Crippen LogP contribution in [0.4, 0.5) is 0 Å². The second kappa shape index (κ2) is 3.71. The lowest BCUT2D eigenvalue weighted by Gasteiger charge is -2.01. The molecular formula is C19H16. The summed E-state index contributed by atoms with van der Waals surface area (Å²) in [4.78, 5) is 0. The average Bonchev–Trinajstić information content (AvgIpc) is 2.99. The van der Waals surface area contributed by atoms with E-state index in [0.717, 1.165) is 0 Å². The van der Waals surface area contributed by atoms with Crippen LogP contribution in [-0.2, 0) is 0 Å². The van der Waals surface area contributed by atoms with E-state index < -0.39 is 0 Å². The molecular weight excluding hydrogens is 228 g/mol. The molecule has 19 heavy (non-hydrogen) atoms. The molecule has 92 valence electrons. The van der Waals surface area contributed by atoms with E-state index in [2.05, 4.69) is 68.5 Å². The van der Waals surface area contributed by atoms with E-state index >= 15 is 0 Å². The molecule has 0 nitrogen and oxygen atoms in total. The van der Waals surface area contributed by atoms with Crippen molar-refractivity contribution in [2.45, 2.75) is 13.8 Å². The fourth-order valence-electron chi connectivity index (χ4n) is 3.08. The second-order valence-corrected chi connectivity index (χ2v) is 5.70. The van der Waals surface area contributed by atoms with Crippen LogP contribution in [0, 0.1) is 16.4 Å². The van der Waals surface area contributed by atoms with Gasteiger partial charge in [-0.3, -0.25) is 0 Å². The van der Waals surface area contributed by atoms with Crippen molar-refractivity contribution in [1.29, 1.82) is 0 Å². The van der Waals surface area contributed by atoms with Crippen LogP contribution in [0.1, 0.15) is 25.0 Å². The Labute approximate surface area is 112 Å². The zero-order valence-corrected chi connectivity index (χ0v) is 11.3. The van der Waals surface area contributed by atoms with Gasteiger partial charge in [-0.15, -0.1) is 0 Å². The average molecular weight is 244 g/mol. The predicted molar refractivity (Wildman–Crippen MR) is 80.7 cm³/mol. The summed E-state index contributed by atoms with van der Waals surface area (Å²) >= 11 is 0. The van der Waals surface area contributed by atoms with Crippen LogP contribution < -0.4 is 10.4 Å². The van der Waals surface area contributed by atoms with E-state index in [9.17, 15) is 0 Å². The first-order valence-electron chi connectivity index (χ1n) is 6.91. The van der Waals surface area contributed by atoms with E-state index in [1.807, 2.05) is 0 Å². The molecule has 0 aliphatic heterocycles. The van der Waals surface area contributed by atoms with Gasteiger partial charge in [0.05, 0.1) is 0 Å². The minimum Gasteiger partial charge on any atom is -0.0616 e. The van der Waals surface area contributed by atoms with Gasteiger partial charge in [-0.1, -0.05) is 62.4 Å². The van der Waals surface area contributed by atoms with Crippen LogP contribution in [0.15, 0.2) is 42.0 Å². The molecule has 0 saturated heterocycles. The van der Waals surface area contributed by atoms with Crippen LogP contribution >= 0.6 is 0 Å². The zero-order valence-electron chi connectivity index (χ0n) is 11.3. The third-order valence-electron chi connectivity index (χ3n) is 4.17. The lowest BCUT2D eigenvalue weighted by molar-refractivity contribution is 0.809. The van der Waals surface area contributed by atoms with Crippen molar-refractivity contribution in [1.82, 2.24) is 0 Å². The molecule has 0 unspecified atom stereocenters. The maximum Gasteiger partial charge on any atom is -0.00929 e. The van der Waals surface area contributed by atoms with E-state index in [1.165, 1.54) is 37.6 Å². The maximum atomic E-state index is 2.36. The highest BCUT2D eigenvalue weighted by molar-refractivity contribution is 5.79. The lowest BCUT2D eigenvalue weighted by Crippen LogP contribution is -2.03. The van der Waals surface area contributed by atoms with Gasteiger partial charge in [0.25, 0.3) is 0 Å². The van der Waals surface area contributed by atoms with Crippen LogP contribution in [0.3, 0.4) is 0 Å². The molecule has 2 aliphatic carbocycles. The molecule has 0 aromatic heterocycles. The number of hydrogen-bond donors (Lipinski definition) is 0. The number of benzene rings is 2. The highest BCUT2D eigenvalue weighted by Gasteiger charge is 2.13. The van der Waals surface area contributed by atoms with Crippen LogP contribution in [0.5, 0.6) is 0 Å². The minimum atomic E-state index is 0.590. The maximum absolute atomic E-state index is 2.36. The van der Waals surface area contributed by atoms with Gasteiger partial charge in [-0.05, 0) is 49.6 Å². The molecule has 2 aromatic rings. The number of fused-ring (bicyclic) bond motifs is 4. The molecule has 0 atom stereocenters. The first kappa shape index (κ1) is 10.8. The first-order valence-corrected chi connectivity index (χ1v) is 6.91. The Kier molecular flexibility index (Phi) is 2.11. The topological polar surface area (TPSA) is 0 Å². The third-order valence-corrected chi connectivity index (χ3v) is 4.17. The third kappa shape index (κ3) is 1.46. The molecule has 4 rings (SSSR count). The quantitative estimate of drug-likeness (QED) is 0.617. The molecule has 0 N–H and O–H groups in total. The zero-order chi connectivity index (χ0) is 13.0. The van der Waals surface area contributed by atoms with Crippen molar-refractivity contribution in [2.24, 2.45) is 5.92 Å². The Balaban J connectivity index is 2.12. The van der Waals surface area contributed by atoms with Crippen LogP contribution in [0.25, 0.3) is 18.2 Å². The summed E-state index contributed by atoms with van der Waals surface area (Å²) in [6.07, 6.45) is 7.02. The van der Waals surface area contributed by atoms with Crippen LogP contribution in [0.2, 0.25) is 0 Å². The van der Waals surface area contributed by atoms with E-state index in [0.29, 0.717) is 5.92 Å². The van der Waals surface area contributed by atoms with Crippen molar-refractivity contribution in [2.75, 3.05) is 0 Å². The van der Waals surface area contributed by atoms with E-state index in [-0.39, 0.29) is 0 Å². The molecule has 0 radical (unpaired) electrons. The Morgan fingerprint density at radius 2 is 1.53 bits per heavy atom. The fourth-order valence-corrected chi connectivity index (χ4v) is 3.08. The minimum absolute atomic E-state index is 0.590. The molecule has 2 aliphatic rings. The second-order valence-electron chi connectivity index (χ2n) is 5.70. The Bertz CT molecular complexity index is 925. The van der Waals surface area contributed by atoms with E-state index in [4.69, 9.17) is 0 Å². The SMILES string of the molecule is CC(C)C1=Cc2c3c(ccc2=C1)=c1ccccc1=C3. The molecule has 0 bridgehead atoms. The summed E-state index contributed by atoms with van der Waals surface area (Å²) < 4.78 is 0. The van der Waals surface area contributed by atoms with Gasteiger partial charge in [-0.25, -0.2) is 0 Å². The van der Waals surface area contributed by atoms with Gasteiger partial charge < -0.3 is 0 Å². The van der Waals surface area contributed by atoms with Crippen molar-refractivity contribution in [3.63, 3.8) is 0 Å². The molecule has 0 saturated carbocycles. The standard InChI is InChI=1S/C19H16/c1-12(2)15-9-14-7-8-17-16-6-4-3-5-13(16)10-19(17)18(14)11-15/h3-12H,1-2H3. The summed E-state index contributed by atoms with van der Waals surface area (Å²) in [5.74, 6) is 0.590. The summed E-state index contributed by atoms with van der Waals surface area (Å²) in [6, 6.07) is 13.2. The smallest absolute Gasteiger partial charge is 0.00929 e. The van der Waals surface area contributed by atoms with Gasteiger partial charge in [0.1, 0.15) is 0 Å². The largest absolute Gasteiger partial charge is 0.0616 e. The van der Waals surface area contributed by atoms with Gasteiger partial charge in [0, 0.05) is 0 Å². The first-order chi connectivity index (χ1) is 9.24. The Morgan fingerprint density at radius 3 is 2.37 bits per heavy atom. The molecule has 0 amide bonds. The Hall–Kier alpha value is -2.08. The summed E-state index contributed by atoms with van der Waals surface area (Å²) in [7, 11) is 0. The molecule has 0 heterocycles. The molecule has 0 fully saturated rings. The van der Waals surface area contributed by atoms with Crippen molar-refractivity contribution >= 4 is 18.2 Å². The van der Waals surface area contributed by atoms with Crippen molar-refractivity contribution in [3.8, 4) is 0 Å². The van der Waals surface area contributed by atoms with Crippen molar-refractivity contribution in [3.05, 3.63) is 74.0 Å². The summed E-state index contributed by atoms with van der Waals surface area (Å²) in [5.41, 5.74) is 4.23. The number of allylic oxidation sites excluding steroid dienone is 1. The van der Waals surface area contributed by atoms with Gasteiger partial charge in [0.2, 0.25) is 0 Å². The van der Waals surface area contributed by atoms with Gasteiger partial charge in [0.15, 0.2) is 0 Å². The highest BCUT2D eigenvalue weighted by atomic mass is 14.2. The number of rotatable bonds is 1. The fraction of sp³-hybridized carbons (Fsp3) is 0.158. The summed E-state index contributed by atoms with van der Waals surface area (Å²) in [6.45, 7) is 4.51. The molecule has 0 heteroatoms. The van der Waals surface area contributed by atoms with E-state index in [1.54, 1.807) is 0 Å². The molecule has 0 spiro atoms. The van der Waals surface area contributed by atoms with Crippen molar-refractivity contribution < 1.29 is 0 Å². The highest BCUT2D eigenvalue weighted by Crippen LogP contribution is 2.23. The number of hydrogen-bond acceptors (Lipinski definition) is 0. The van der Waals surface area contributed by atoms with Gasteiger partial charge >= 0.3 is 0 Å². The predicted octanol–water partition coefficient (Wildman–Crippen LogP) is 2.95. The summed E-state index contributed by atoms with van der Waals surface area (Å²) in [5, 5.41) is 5.46. The normalized spacial score (nSPS) is 14.4. The lowest BCUT2D eigenvalue weighted by atomic mass is 10.0.